The van der Waals surface area contributed by atoms with E-state index in [0.717, 1.165) is 16.8 Å². The van der Waals surface area contributed by atoms with E-state index in [1.165, 1.54) is 6.26 Å². The summed E-state index contributed by atoms with van der Waals surface area (Å²) in [6, 6.07) is 9.34. The standard InChI is InChI=1S/C19H19N3O3/c1-13-4-5-16-14(11-13)15(18(23)20-16)12-21-6-8-22(9-7-21)19(24)17-3-2-10-25-17/h2-5,10-12H,6-9H2,1H3,(H,20,23)/b15-12+. The molecule has 1 aromatic carbocycles. The van der Waals surface area contributed by atoms with Gasteiger partial charge in [-0.15, -0.1) is 0 Å². The molecule has 2 aromatic rings. The van der Waals surface area contributed by atoms with Crippen LogP contribution in [0.25, 0.3) is 5.57 Å². The zero-order valence-electron chi connectivity index (χ0n) is 14.0. The van der Waals surface area contributed by atoms with Gasteiger partial charge in [0.25, 0.3) is 11.8 Å². The Kier molecular flexibility index (Phi) is 3.80. The summed E-state index contributed by atoms with van der Waals surface area (Å²) >= 11 is 0. The monoisotopic (exact) mass is 337 g/mol. The van der Waals surface area contributed by atoms with Gasteiger partial charge in [-0.2, -0.15) is 0 Å². The third-order valence-electron chi connectivity index (χ3n) is 4.60. The Morgan fingerprint density at radius 1 is 1.20 bits per heavy atom. The minimum Gasteiger partial charge on any atom is -0.459 e. The van der Waals surface area contributed by atoms with Gasteiger partial charge in [-0.1, -0.05) is 11.6 Å². The predicted molar refractivity (Wildman–Crippen MR) is 94.0 cm³/mol. The van der Waals surface area contributed by atoms with E-state index in [4.69, 9.17) is 4.42 Å². The van der Waals surface area contributed by atoms with Gasteiger partial charge in [-0.3, -0.25) is 9.59 Å². The van der Waals surface area contributed by atoms with E-state index in [1.807, 2.05) is 31.3 Å². The van der Waals surface area contributed by atoms with Crippen LogP contribution in [0.3, 0.4) is 0 Å². The van der Waals surface area contributed by atoms with E-state index >= 15 is 0 Å². The molecule has 2 aliphatic rings. The summed E-state index contributed by atoms with van der Waals surface area (Å²) < 4.78 is 5.18. The fourth-order valence-electron chi connectivity index (χ4n) is 3.22. The van der Waals surface area contributed by atoms with Gasteiger partial charge in [-0.25, -0.2) is 0 Å². The number of piperazine rings is 1. The summed E-state index contributed by atoms with van der Waals surface area (Å²) in [5, 5.41) is 2.90. The van der Waals surface area contributed by atoms with E-state index in [1.54, 1.807) is 17.0 Å². The first-order chi connectivity index (χ1) is 12.1. The number of hydrogen-bond donors (Lipinski definition) is 1. The fraction of sp³-hybridized carbons (Fsp3) is 0.263. The van der Waals surface area contributed by atoms with Gasteiger partial charge in [0.05, 0.1) is 11.8 Å². The molecule has 128 valence electrons. The van der Waals surface area contributed by atoms with Crippen molar-refractivity contribution in [3.05, 3.63) is 59.7 Å². The molecule has 1 aromatic heterocycles. The molecule has 4 rings (SSSR count). The first-order valence-electron chi connectivity index (χ1n) is 8.33. The van der Waals surface area contributed by atoms with Gasteiger partial charge >= 0.3 is 0 Å². The molecule has 0 bridgehead atoms. The van der Waals surface area contributed by atoms with Gasteiger partial charge in [-0.05, 0) is 31.2 Å². The van der Waals surface area contributed by atoms with Crippen LogP contribution in [0.1, 0.15) is 21.7 Å². The topological polar surface area (TPSA) is 65.8 Å². The highest BCUT2D eigenvalue weighted by atomic mass is 16.3. The summed E-state index contributed by atoms with van der Waals surface area (Å²) in [7, 11) is 0. The lowest BCUT2D eigenvalue weighted by Crippen LogP contribution is -2.46. The molecule has 2 amide bonds. The fourth-order valence-corrected chi connectivity index (χ4v) is 3.22. The number of rotatable bonds is 2. The van der Waals surface area contributed by atoms with Crippen LogP contribution in [0.4, 0.5) is 5.69 Å². The Labute approximate surface area is 145 Å². The maximum Gasteiger partial charge on any atom is 0.289 e. The lowest BCUT2D eigenvalue weighted by Gasteiger charge is -2.33. The van der Waals surface area contributed by atoms with Crippen LogP contribution >= 0.6 is 0 Å². The van der Waals surface area contributed by atoms with Crippen LogP contribution in [-0.2, 0) is 4.79 Å². The van der Waals surface area contributed by atoms with E-state index in [0.29, 0.717) is 37.5 Å². The molecule has 0 spiro atoms. The number of amides is 2. The molecule has 0 saturated carbocycles. The number of benzene rings is 1. The zero-order valence-corrected chi connectivity index (χ0v) is 14.0. The van der Waals surface area contributed by atoms with Crippen LogP contribution in [-0.4, -0.2) is 47.8 Å². The molecule has 0 unspecified atom stereocenters. The molecular weight excluding hydrogens is 318 g/mol. The number of hydrogen-bond acceptors (Lipinski definition) is 4. The second-order valence-corrected chi connectivity index (χ2v) is 6.35. The Hall–Kier alpha value is -3.02. The van der Waals surface area contributed by atoms with Crippen molar-refractivity contribution in [3.8, 4) is 0 Å². The predicted octanol–water partition coefficient (Wildman–Crippen LogP) is 2.34. The molecule has 2 aliphatic heterocycles. The van der Waals surface area contributed by atoms with Gasteiger partial charge in [0, 0.05) is 43.6 Å². The molecule has 0 atom stereocenters. The van der Waals surface area contributed by atoms with E-state index in [9.17, 15) is 9.59 Å². The molecule has 6 heteroatoms. The first-order valence-corrected chi connectivity index (χ1v) is 8.33. The normalized spacial score (nSPS) is 18.4. The van der Waals surface area contributed by atoms with E-state index in [2.05, 4.69) is 10.2 Å². The number of furan rings is 1. The van der Waals surface area contributed by atoms with Crippen molar-refractivity contribution in [2.24, 2.45) is 0 Å². The van der Waals surface area contributed by atoms with Crippen molar-refractivity contribution in [2.75, 3.05) is 31.5 Å². The van der Waals surface area contributed by atoms with Crippen LogP contribution < -0.4 is 5.32 Å². The molecule has 1 N–H and O–H groups in total. The second-order valence-electron chi connectivity index (χ2n) is 6.35. The molecule has 1 saturated heterocycles. The number of carbonyl (C=O) groups is 2. The average Bonchev–Trinajstić information content (AvgIpc) is 3.24. The number of carbonyl (C=O) groups excluding carboxylic acids is 2. The van der Waals surface area contributed by atoms with E-state index in [-0.39, 0.29) is 11.8 Å². The maximum atomic E-state index is 12.3. The molecular formula is C19H19N3O3. The summed E-state index contributed by atoms with van der Waals surface area (Å²) in [4.78, 5) is 28.4. The summed E-state index contributed by atoms with van der Waals surface area (Å²) in [5.41, 5.74) is 3.60. The second kappa shape index (κ2) is 6.12. The highest BCUT2D eigenvalue weighted by molar-refractivity contribution is 6.31. The molecule has 1 fully saturated rings. The zero-order chi connectivity index (χ0) is 17.4. The minimum absolute atomic E-state index is 0.0744. The molecule has 6 nitrogen and oxygen atoms in total. The Balaban J connectivity index is 1.47. The van der Waals surface area contributed by atoms with Crippen molar-refractivity contribution in [1.82, 2.24) is 9.80 Å². The Morgan fingerprint density at radius 2 is 2.00 bits per heavy atom. The highest BCUT2D eigenvalue weighted by Crippen LogP contribution is 2.32. The highest BCUT2D eigenvalue weighted by Gasteiger charge is 2.27. The lowest BCUT2D eigenvalue weighted by atomic mass is 10.1. The minimum atomic E-state index is -0.0862. The van der Waals surface area contributed by atoms with Crippen molar-refractivity contribution in [1.29, 1.82) is 0 Å². The summed E-state index contributed by atoms with van der Waals surface area (Å²) in [5.74, 6) is 0.206. The maximum absolute atomic E-state index is 12.3. The lowest BCUT2D eigenvalue weighted by molar-refractivity contribution is -0.110. The third kappa shape index (κ3) is 2.91. The van der Waals surface area contributed by atoms with Crippen LogP contribution in [0, 0.1) is 6.92 Å². The van der Waals surface area contributed by atoms with Gasteiger partial charge in [0.1, 0.15) is 0 Å². The van der Waals surface area contributed by atoms with Crippen LogP contribution in [0.5, 0.6) is 0 Å². The van der Waals surface area contributed by atoms with Crippen molar-refractivity contribution in [3.63, 3.8) is 0 Å². The molecule has 0 radical (unpaired) electrons. The average molecular weight is 337 g/mol. The van der Waals surface area contributed by atoms with Gasteiger partial charge in [0.15, 0.2) is 5.76 Å². The van der Waals surface area contributed by atoms with Crippen LogP contribution in [0.15, 0.2) is 47.2 Å². The number of fused-ring (bicyclic) bond motifs is 1. The van der Waals surface area contributed by atoms with Crippen molar-refractivity contribution < 1.29 is 14.0 Å². The van der Waals surface area contributed by atoms with Crippen LogP contribution in [0.2, 0.25) is 0 Å². The Morgan fingerprint density at radius 3 is 2.72 bits per heavy atom. The van der Waals surface area contributed by atoms with E-state index < -0.39 is 0 Å². The quantitative estimate of drug-likeness (QED) is 0.854. The van der Waals surface area contributed by atoms with Gasteiger partial charge in [0.2, 0.25) is 0 Å². The summed E-state index contributed by atoms with van der Waals surface area (Å²) in [6.45, 7) is 4.59. The Bertz CT molecular complexity index is 847. The van der Waals surface area contributed by atoms with Crippen molar-refractivity contribution >= 4 is 23.1 Å². The van der Waals surface area contributed by atoms with Gasteiger partial charge < -0.3 is 19.5 Å². The largest absolute Gasteiger partial charge is 0.459 e. The molecule has 25 heavy (non-hydrogen) atoms. The SMILES string of the molecule is Cc1ccc2c(c1)/C(=C\N1CCN(C(=O)c3ccco3)CC1)C(=O)N2. The number of anilines is 1. The number of nitrogens with zero attached hydrogens (tertiary/aromatic N) is 2. The third-order valence-corrected chi connectivity index (χ3v) is 4.60. The molecule has 3 heterocycles. The van der Waals surface area contributed by atoms with Crippen molar-refractivity contribution in [2.45, 2.75) is 6.92 Å². The smallest absolute Gasteiger partial charge is 0.289 e. The number of nitrogens with one attached hydrogen (secondary N) is 1. The first kappa shape index (κ1) is 15.5. The summed E-state index contributed by atoms with van der Waals surface area (Å²) in [6.07, 6.45) is 3.42. The number of aryl methyl sites for hydroxylation is 1. The molecule has 0 aliphatic carbocycles.